The molecule has 0 bridgehead atoms. The lowest BCUT2D eigenvalue weighted by Gasteiger charge is -2.11. The Bertz CT molecular complexity index is 1080. The Hall–Kier alpha value is -4.01. The van der Waals surface area contributed by atoms with Crippen LogP contribution >= 0.6 is 0 Å². The fourth-order valence-electron chi connectivity index (χ4n) is 2.61. The van der Waals surface area contributed by atoms with Crippen LogP contribution in [0.4, 0.5) is 5.69 Å². The van der Waals surface area contributed by atoms with Gasteiger partial charge >= 0.3 is 6.01 Å². The first-order valence-electron chi connectivity index (χ1n) is 8.41. The molecule has 0 fully saturated rings. The molecule has 9 heteroatoms. The highest BCUT2D eigenvalue weighted by atomic mass is 16.5. The van der Waals surface area contributed by atoms with Gasteiger partial charge in [-0.05, 0) is 30.3 Å². The molecule has 0 radical (unpaired) electrons. The molecule has 0 unspecified atom stereocenters. The summed E-state index contributed by atoms with van der Waals surface area (Å²) >= 11 is 0. The van der Waals surface area contributed by atoms with Gasteiger partial charge in [0.1, 0.15) is 5.75 Å². The number of hydrogen-bond donors (Lipinski definition) is 1. The monoisotopic (exact) mass is 376 g/mol. The molecular formula is C19H16N6O3. The van der Waals surface area contributed by atoms with E-state index in [9.17, 15) is 4.79 Å². The number of carbonyl (C=O) groups is 1. The Kier molecular flexibility index (Phi) is 4.79. The van der Waals surface area contributed by atoms with Crippen LogP contribution in [0, 0.1) is 0 Å². The third-order valence-corrected chi connectivity index (χ3v) is 3.88. The number of nitrogens with zero attached hydrogens (tertiary/aromatic N) is 5. The second-order valence-corrected chi connectivity index (χ2v) is 5.74. The van der Waals surface area contributed by atoms with E-state index in [4.69, 9.17) is 9.47 Å². The zero-order chi connectivity index (χ0) is 19.3. The smallest absolute Gasteiger partial charge is 0.316 e. The molecule has 1 aromatic carbocycles. The number of ether oxygens (including phenoxy) is 2. The fraction of sp³-hybridized carbons (Fsp3) is 0.105. The van der Waals surface area contributed by atoms with Crippen LogP contribution in [0.3, 0.4) is 0 Å². The van der Waals surface area contributed by atoms with Crippen molar-refractivity contribution in [3.8, 4) is 23.0 Å². The van der Waals surface area contributed by atoms with Gasteiger partial charge in [-0.15, -0.1) is 0 Å². The summed E-state index contributed by atoms with van der Waals surface area (Å²) in [5.41, 5.74) is 2.05. The Balaban J connectivity index is 1.54. The molecule has 0 aliphatic heterocycles. The van der Waals surface area contributed by atoms with E-state index in [-0.39, 0.29) is 18.5 Å². The zero-order valence-corrected chi connectivity index (χ0v) is 14.9. The minimum Gasteiger partial charge on any atom is -0.495 e. The lowest BCUT2D eigenvalue weighted by Crippen LogP contribution is -2.21. The lowest BCUT2D eigenvalue weighted by molar-refractivity contribution is -0.118. The van der Waals surface area contributed by atoms with Crippen LogP contribution in [0.5, 0.6) is 11.8 Å². The molecule has 4 rings (SSSR count). The van der Waals surface area contributed by atoms with E-state index in [1.54, 1.807) is 24.4 Å². The van der Waals surface area contributed by atoms with Crippen molar-refractivity contribution < 1.29 is 14.3 Å². The third kappa shape index (κ3) is 3.73. The van der Waals surface area contributed by atoms with Gasteiger partial charge in [0.2, 0.25) is 5.78 Å². The van der Waals surface area contributed by atoms with Crippen molar-refractivity contribution in [3.63, 3.8) is 0 Å². The molecule has 1 N–H and O–H groups in total. The lowest BCUT2D eigenvalue weighted by atomic mass is 10.1. The SMILES string of the molecule is COc1ccc(-c2cn3cccnc3n2)cc1NC(=O)COc1ncccn1. The molecule has 28 heavy (non-hydrogen) atoms. The molecule has 9 nitrogen and oxygen atoms in total. The van der Waals surface area contributed by atoms with Crippen LogP contribution in [0.1, 0.15) is 0 Å². The molecule has 4 aromatic rings. The molecule has 3 aromatic heterocycles. The molecule has 1 amide bonds. The van der Waals surface area contributed by atoms with Crippen LogP contribution in [0.2, 0.25) is 0 Å². The Morgan fingerprint density at radius 1 is 1.14 bits per heavy atom. The third-order valence-electron chi connectivity index (χ3n) is 3.88. The summed E-state index contributed by atoms with van der Waals surface area (Å²) in [6.07, 6.45) is 8.49. The van der Waals surface area contributed by atoms with Gasteiger partial charge in [-0.1, -0.05) is 0 Å². The molecule has 0 aliphatic rings. The summed E-state index contributed by atoms with van der Waals surface area (Å²) in [5, 5.41) is 2.78. The van der Waals surface area contributed by atoms with E-state index in [0.29, 0.717) is 17.2 Å². The number of nitrogens with one attached hydrogen (secondary N) is 1. The van der Waals surface area contributed by atoms with E-state index in [1.165, 1.54) is 19.5 Å². The second kappa shape index (κ2) is 7.70. The summed E-state index contributed by atoms with van der Waals surface area (Å²) in [4.78, 5) is 28.8. The molecular weight excluding hydrogens is 360 g/mol. The summed E-state index contributed by atoms with van der Waals surface area (Å²) in [7, 11) is 1.54. The number of benzene rings is 1. The highest BCUT2D eigenvalue weighted by Crippen LogP contribution is 2.30. The Morgan fingerprint density at radius 2 is 1.96 bits per heavy atom. The van der Waals surface area contributed by atoms with Crippen molar-refractivity contribution in [2.24, 2.45) is 0 Å². The predicted octanol–water partition coefficient (Wildman–Crippen LogP) is 2.21. The maximum atomic E-state index is 12.3. The summed E-state index contributed by atoms with van der Waals surface area (Å²) < 4.78 is 12.4. The number of rotatable bonds is 6. The number of imidazole rings is 1. The highest BCUT2D eigenvalue weighted by molar-refractivity contribution is 5.94. The molecule has 0 saturated heterocycles. The number of fused-ring (bicyclic) bond motifs is 1. The highest BCUT2D eigenvalue weighted by Gasteiger charge is 2.12. The van der Waals surface area contributed by atoms with Crippen molar-refractivity contribution in [2.45, 2.75) is 0 Å². The first-order valence-corrected chi connectivity index (χ1v) is 8.41. The van der Waals surface area contributed by atoms with Crippen LogP contribution in [0.15, 0.2) is 61.3 Å². The van der Waals surface area contributed by atoms with Crippen molar-refractivity contribution in [1.82, 2.24) is 24.3 Å². The van der Waals surface area contributed by atoms with Gasteiger partial charge < -0.3 is 14.8 Å². The number of methoxy groups -OCH3 is 1. The summed E-state index contributed by atoms with van der Waals surface area (Å²) in [6.45, 7) is -0.227. The Morgan fingerprint density at radius 3 is 2.75 bits per heavy atom. The van der Waals surface area contributed by atoms with Crippen LogP contribution in [-0.2, 0) is 4.79 Å². The second-order valence-electron chi connectivity index (χ2n) is 5.74. The number of aromatic nitrogens is 5. The number of carbonyl (C=O) groups excluding carboxylic acids is 1. The minimum absolute atomic E-state index is 0.135. The van der Waals surface area contributed by atoms with Gasteiger partial charge in [-0.25, -0.2) is 19.9 Å². The van der Waals surface area contributed by atoms with Gasteiger partial charge in [0, 0.05) is 36.5 Å². The van der Waals surface area contributed by atoms with Crippen molar-refractivity contribution in [2.75, 3.05) is 19.0 Å². The van der Waals surface area contributed by atoms with E-state index < -0.39 is 0 Å². The normalized spacial score (nSPS) is 10.6. The van der Waals surface area contributed by atoms with Gasteiger partial charge in [-0.2, -0.15) is 0 Å². The standard InChI is InChI=1S/C19H16N6O3/c1-27-16-5-4-13(15-11-25-9-3-8-20-18(25)24-15)10-14(16)23-17(26)12-28-19-21-6-2-7-22-19/h2-11H,12H2,1H3,(H,23,26). The molecule has 3 heterocycles. The average Bonchev–Trinajstić information content (AvgIpc) is 3.17. The van der Waals surface area contributed by atoms with Gasteiger partial charge in [0.15, 0.2) is 6.61 Å². The first kappa shape index (κ1) is 17.4. The van der Waals surface area contributed by atoms with Crippen LogP contribution in [0.25, 0.3) is 17.0 Å². The molecule has 0 saturated carbocycles. The van der Waals surface area contributed by atoms with Gasteiger partial charge in [-0.3, -0.25) is 9.20 Å². The quantitative estimate of drug-likeness (QED) is 0.550. The summed E-state index contributed by atoms with van der Waals surface area (Å²) in [5.74, 6) is 0.754. The number of anilines is 1. The maximum absolute atomic E-state index is 12.3. The van der Waals surface area contributed by atoms with E-state index in [0.717, 1.165) is 11.3 Å². The van der Waals surface area contributed by atoms with E-state index in [2.05, 4.69) is 25.3 Å². The van der Waals surface area contributed by atoms with Crippen molar-refractivity contribution in [1.29, 1.82) is 0 Å². The number of amides is 1. The van der Waals surface area contributed by atoms with Crippen molar-refractivity contribution >= 4 is 17.4 Å². The predicted molar refractivity (Wildman–Crippen MR) is 101 cm³/mol. The topological polar surface area (TPSA) is 104 Å². The van der Waals surface area contributed by atoms with Crippen LogP contribution in [-0.4, -0.2) is 44.0 Å². The first-order chi connectivity index (χ1) is 13.7. The molecule has 0 atom stereocenters. The van der Waals surface area contributed by atoms with Crippen LogP contribution < -0.4 is 14.8 Å². The molecule has 0 aliphatic carbocycles. The molecule has 0 spiro atoms. The minimum atomic E-state index is -0.362. The van der Waals surface area contributed by atoms with Gasteiger partial charge in [0.05, 0.1) is 18.5 Å². The van der Waals surface area contributed by atoms with E-state index >= 15 is 0 Å². The van der Waals surface area contributed by atoms with Crippen molar-refractivity contribution in [3.05, 3.63) is 61.3 Å². The fourth-order valence-corrected chi connectivity index (χ4v) is 2.61. The maximum Gasteiger partial charge on any atom is 0.316 e. The largest absolute Gasteiger partial charge is 0.495 e. The average molecular weight is 376 g/mol. The van der Waals surface area contributed by atoms with E-state index in [1.807, 2.05) is 28.9 Å². The van der Waals surface area contributed by atoms with Gasteiger partial charge in [0.25, 0.3) is 5.91 Å². The zero-order valence-electron chi connectivity index (χ0n) is 14.9. The molecule has 140 valence electrons. The number of hydrogen-bond acceptors (Lipinski definition) is 7. The summed E-state index contributed by atoms with van der Waals surface area (Å²) in [6, 6.07) is 9.05. The Labute approximate surface area is 160 Å².